The highest BCUT2D eigenvalue weighted by Crippen LogP contribution is 2.34. The highest BCUT2D eigenvalue weighted by atomic mass is 14.3. The summed E-state index contributed by atoms with van der Waals surface area (Å²) < 4.78 is 0. The minimum atomic E-state index is 1.05. The topological polar surface area (TPSA) is 0 Å². The molecule has 0 aliphatic heterocycles. The molecule has 0 N–H and O–H groups in total. The highest BCUT2D eigenvalue weighted by Gasteiger charge is 2.20. The van der Waals surface area contributed by atoms with E-state index in [1.54, 1.807) is 12.8 Å². The van der Waals surface area contributed by atoms with Crippen LogP contribution in [0.3, 0.4) is 0 Å². The van der Waals surface area contributed by atoms with Gasteiger partial charge in [-0.25, -0.2) is 0 Å². The van der Waals surface area contributed by atoms with Gasteiger partial charge < -0.3 is 0 Å². The van der Waals surface area contributed by atoms with Crippen LogP contribution in [-0.2, 0) is 0 Å². The van der Waals surface area contributed by atoms with E-state index >= 15 is 0 Å². The fraction of sp³-hybridized carbons (Fsp3) is 0.909. The second kappa shape index (κ2) is 12.2. The molecule has 0 amide bonds. The lowest BCUT2D eigenvalue weighted by molar-refractivity contribution is 0.241. The van der Waals surface area contributed by atoms with Crippen LogP contribution >= 0.6 is 0 Å². The molecule has 2 aliphatic carbocycles. The number of hydrogen-bond donors (Lipinski definition) is 0. The van der Waals surface area contributed by atoms with Crippen molar-refractivity contribution >= 4 is 0 Å². The van der Waals surface area contributed by atoms with E-state index in [1.807, 2.05) is 0 Å². The van der Waals surface area contributed by atoms with Gasteiger partial charge in [-0.3, -0.25) is 0 Å². The molecular weight excluding hydrogens is 264 g/mol. The SMILES string of the molecule is C1=C\CCCC(C2CCCCCCCCCC2)CCCCC/1. The third-order valence-electron chi connectivity index (χ3n) is 6.12. The van der Waals surface area contributed by atoms with E-state index in [2.05, 4.69) is 12.2 Å². The molecule has 2 aliphatic rings. The molecule has 0 saturated heterocycles. The molecule has 0 heteroatoms. The van der Waals surface area contributed by atoms with Crippen molar-refractivity contribution in [2.24, 2.45) is 11.8 Å². The molecule has 22 heavy (non-hydrogen) atoms. The molecule has 0 bridgehead atoms. The van der Waals surface area contributed by atoms with E-state index in [-0.39, 0.29) is 0 Å². The first-order valence-electron chi connectivity index (χ1n) is 10.6. The van der Waals surface area contributed by atoms with Gasteiger partial charge in [0.25, 0.3) is 0 Å². The van der Waals surface area contributed by atoms with Gasteiger partial charge in [-0.05, 0) is 43.9 Å². The van der Waals surface area contributed by atoms with Crippen LogP contribution in [0.4, 0.5) is 0 Å². The molecule has 2 rings (SSSR count). The Morgan fingerprint density at radius 1 is 0.364 bits per heavy atom. The van der Waals surface area contributed by atoms with E-state index in [0.717, 1.165) is 11.8 Å². The summed E-state index contributed by atoms with van der Waals surface area (Å²) in [6.07, 6.45) is 31.6. The van der Waals surface area contributed by atoms with Gasteiger partial charge in [-0.15, -0.1) is 0 Å². The Hall–Kier alpha value is -0.260. The lowest BCUT2D eigenvalue weighted by atomic mass is 9.78. The van der Waals surface area contributed by atoms with Crippen molar-refractivity contribution in [3.05, 3.63) is 12.2 Å². The zero-order valence-electron chi connectivity index (χ0n) is 15.0. The third-order valence-corrected chi connectivity index (χ3v) is 6.12. The molecule has 0 radical (unpaired) electrons. The van der Waals surface area contributed by atoms with Gasteiger partial charge in [0.1, 0.15) is 0 Å². The summed E-state index contributed by atoms with van der Waals surface area (Å²) in [6, 6.07) is 0. The highest BCUT2D eigenvalue weighted by molar-refractivity contribution is 4.83. The first-order valence-corrected chi connectivity index (χ1v) is 10.6. The smallest absolute Gasteiger partial charge is 0.0351 e. The molecular formula is C22H40. The Morgan fingerprint density at radius 2 is 0.727 bits per heavy atom. The van der Waals surface area contributed by atoms with Gasteiger partial charge in [0, 0.05) is 0 Å². The van der Waals surface area contributed by atoms with Gasteiger partial charge in [0.15, 0.2) is 0 Å². The minimum absolute atomic E-state index is 1.05. The Bertz CT molecular complexity index is 266. The first kappa shape index (κ1) is 18.1. The van der Waals surface area contributed by atoms with Crippen LogP contribution in [0.5, 0.6) is 0 Å². The predicted octanol–water partition coefficient (Wildman–Crippen LogP) is 7.82. The van der Waals surface area contributed by atoms with E-state index in [1.165, 1.54) is 103 Å². The van der Waals surface area contributed by atoms with Crippen LogP contribution in [-0.4, -0.2) is 0 Å². The van der Waals surface area contributed by atoms with Crippen molar-refractivity contribution in [1.29, 1.82) is 0 Å². The Labute approximate surface area is 140 Å². The quantitative estimate of drug-likeness (QED) is 0.433. The molecule has 1 fully saturated rings. The fourth-order valence-corrected chi connectivity index (χ4v) is 4.68. The van der Waals surface area contributed by atoms with Crippen LogP contribution in [0.1, 0.15) is 116 Å². The normalized spacial score (nSPS) is 29.9. The minimum Gasteiger partial charge on any atom is -0.0885 e. The van der Waals surface area contributed by atoms with Gasteiger partial charge in [0.2, 0.25) is 0 Å². The summed E-state index contributed by atoms with van der Waals surface area (Å²) in [5.41, 5.74) is 0. The maximum Gasteiger partial charge on any atom is -0.0351 e. The van der Waals surface area contributed by atoms with E-state index in [0.29, 0.717) is 0 Å². The van der Waals surface area contributed by atoms with Gasteiger partial charge >= 0.3 is 0 Å². The molecule has 1 unspecified atom stereocenters. The molecule has 1 atom stereocenters. The molecule has 0 aromatic rings. The Morgan fingerprint density at radius 3 is 1.27 bits per heavy atom. The molecule has 0 nitrogen and oxygen atoms in total. The van der Waals surface area contributed by atoms with Gasteiger partial charge in [-0.2, -0.15) is 0 Å². The molecule has 0 heterocycles. The van der Waals surface area contributed by atoms with Gasteiger partial charge in [0.05, 0.1) is 0 Å². The van der Waals surface area contributed by atoms with Crippen LogP contribution in [0, 0.1) is 11.8 Å². The maximum absolute atomic E-state index is 2.46. The average molecular weight is 305 g/mol. The van der Waals surface area contributed by atoms with Crippen LogP contribution in [0.15, 0.2) is 12.2 Å². The standard InChI is InChI=1S/C22H40/c1-2-6-10-14-18-21(17-13-9-5-1)22-19-15-11-7-3-4-8-12-16-20-22/h1,5,21-22H,2-4,6-20H2/b5-1-. The summed E-state index contributed by atoms with van der Waals surface area (Å²) in [6.45, 7) is 0. The molecule has 128 valence electrons. The monoisotopic (exact) mass is 304 g/mol. The second-order valence-corrected chi connectivity index (χ2v) is 7.97. The van der Waals surface area contributed by atoms with Crippen molar-refractivity contribution in [2.75, 3.05) is 0 Å². The number of rotatable bonds is 1. The van der Waals surface area contributed by atoms with Crippen molar-refractivity contribution in [1.82, 2.24) is 0 Å². The third kappa shape index (κ3) is 7.84. The van der Waals surface area contributed by atoms with Crippen molar-refractivity contribution in [3.63, 3.8) is 0 Å². The average Bonchev–Trinajstić information content (AvgIpc) is 2.64. The Kier molecular flexibility index (Phi) is 10.0. The zero-order chi connectivity index (χ0) is 15.3. The first-order chi connectivity index (χ1) is 11.0. The number of hydrogen-bond acceptors (Lipinski definition) is 0. The van der Waals surface area contributed by atoms with Crippen LogP contribution in [0.25, 0.3) is 0 Å². The summed E-state index contributed by atoms with van der Waals surface area (Å²) in [7, 11) is 0. The summed E-state index contributed by atoms with van der Waals surface area (Å²) in [5.74, 6) is 2.11. The summed E-state index contributed by atoms with van der Waals surface area (Å²) in [4.78, 5) is 0. The largest absolute Gasteiger partial charge is 0.0885 e. The molecule has 0 aromatic heterocycles. The Balaban J connectivity index is 1.85. The summed E-state index contributed by atoms with van der Waals surface area (Å²) >= 11 is 0. The lowest BCUT2D eigenvalue weighted by Crippen LogP contribution is -2.16. The van der Waals surface area contributed by atoms with Crippen LogP contribution < -0.4 is 0 Å². The van der Waals surface area contributed by atoms with Crippen molar-refractivity contribution in [3.8, 4) is 0 Å². The molecule has 0 aromatic carbocycles. The van der Waals surface area contributed by atoms with E-state index in [4.69, 9.17) is 0 Å². The fourth-order valence-electron chi connectivity index (χ4n) is 4.68. The molecule has 1 saturated carbocycles. The van der Waals surface area contributed by atoms with Crippen molar-refractivity contribution < 1.29 is 0 Å². The predicted molar refractivity (Wildman–Crippen MR) is 99.2 cm³/mol. The zero-order valence-corrected chi connectivity index (χ0v) is 15.0. The van der Waals surface area contributed by atoms with E-state index < -0.39 is 0 Å². The van der Waals surface area contributed by atoms with Crippen molar-refractivity contribution in [2.45, 2.75) is 116 Å². The van der Waals surface area contributed by atoms with Gasteiger partial charge in [-0.1, -0.05) is 95.6 Å². The number of allylic oxidation sites excluding steroid dienone is 2. The molecule has 0 spiro atoms. The second-order valence-electron chi connectivity index (χ2n) is 7.97. The lowest BCUT2D eigenvalue weighted by Gasteiger charge is -2.27. The van der Waals surface area contributed by atoms with E-state index in [9.17, 15) is 0 Å². The summed E-state index contributed by atoms with van der Waals surface area (Å²) in [5, 5.41) is 0. The van der Waals surface area contributed by atoms with Crippen LogP contribution in [0.2, 0.25) is 0 Å². The maximum atomic E-state index is 2.46.